The molecule has 0 aliphatic rings. The lowest BCUT2D eigenvalue weighted by Crippen LogP contribution is -2.09. The highest BCUT2D eigenvalue weighted by Gasteiger charge is 2.21. The second-order valence-corrected chi connectivity index (χ2v) is 7.05. The summed E-state index contributed by atoms with van der Waals surface area (Å²) in [6, 6.07) is 24.2. The average molecular weight is 374 g/mol. The number of benzene rings is 3. The second kappa shape index (κ2) is 9.23. The molecule has 3 rings (SSSR count). The van der Waals surface area contributed by atoms with Crippen molar-refractivity contribution in [2.24, 2.45) is 0 Å². The highest BCUT2D eigenvalue weighted by atomic mass is 16.5. The van der Waals surface area contributed by atoms with Crippen LogP contribution < -0.4 is 9.47 Å². The Balaban J connectivity index is 1.98. The fourth-order valence-corrected chi connectivity index (χ4v) is 3.36. The van der Waals surface area contributed by atoms with Crippen LogP contribution in [-0.2, 0) is 11.4 Å². The molecule has 3 nitrogen and oxygen atoms in total. The maximum Gasteiger partial charge on any atom is 0.130 e. The minimum atomic E-state index is -0.0849. The molecule has 0 aliphatic carbocycles. The minimum Gasteiger partial charge on any atom is -0.497 e. The molecule has 0 spiro atoms. The number of rotatable bonds is 8. The monoisotopic (exact) mass is 374 g/mol. The van der Waals surface area contributed by atoms with Gasteiger partial charge in [-0.1, -0.05) is 60.2 Å². The molecule has 3 aromatic rings. The predicted molar refractivity (Wildman–Crippen MR) is 112 cm³/mol. The molecule has 0 aromatic heterocycles. The molecule has 144 valence electrons. The molecule has 0 unspecified atom stereocenters. The SMILES string of the molecule is COc1cccc([C@@H](CC(C)=O)c2cc(C)ccc2OCc2ccccc2)c1. The minimum absolute atomic E-state index is 0.0849. The van der Waals surface area contributed by atoms with E-state index in [0.29, 0.717) is 13.0 Å². The van der Waals surface area contributed by atoms with Gasteiger partial charge in [-0.2, -0.15) is 0 Å². The van der Waals surface area contributed by atoms with Crippen LogP contribution in [0.3, 0.4) is 0 Å². The number of hydrogen-bond acceptors (Lipinski definition) is 3. The summed E-state index contributed by atoms with van der Waals surface area (Å²) < 4.78 is 11.6. The molecule has 0 bridgehead atoms. The zero-order valence-corrected chi connectivity index (χ0v) is 16.6. The van der Waals surface area contributed by atoms with Crippen molar-refractivity contribution in [3.05, 3.63) is 95.1 Å². The summed E-state index contributed by atoms with van der Waals surface area (Å²) >= 11 is 0. The smallest absolute Gasteiger partial charge is 0.130 e. The lowest BCUT2D eigenvalue weighted by Gasteiger charge is -2.21. The van der Waals surface area contributed by atoms with Crippen molar-refractivity contribution in [2.75, 3.05) is 7.11 Å². The second-order valence-electron chi connectivity index (χ2n) is 7.05. The maximum atomic E-state index is 12.1. The van der Waals surface area contributed by atoms with Crippen LogP contribution >= 0.6 is 0 Å². The molecule has 0 aliphatic heterocycles. The van der Waals surface area contributed by atoms with E-state index in [0.717, 1.165) is 33.8 Å². The van der Waals surface area contributed by atoms with Crippen LogP contribution in [0.1, 0.15) is 41.5 Å². The zero-order valence-electron chi connectivity index (χ0n) is 16.6. The summed E-state index contributed by atoms with van der Waals surface area (Å²) in [5.41, 5.74) is 4.32. The van der Waals surface area contributed by atoms with Crippen LogP contribution in [0, 0.1) is 6.92 Å². The highest BCUT2D eigenvalue weighted by Crippen LogP contribution is 2.37. The Kier molecular flexibility index (Phi) is 6.49. The largest absolute Gasteiger partial charge is 0.497 e. The van der Waals surface area contributed by atoms with E-state index in [1.165, 1.54) is 0 Å². The van der Waals surface area contributed by atoms with Crippen molar-refractivity contribution in [2.45, 2.75) is 32.8 Å². The van der Waals surface area contributed by atoms with Gasteiger partial charge in [-0.25, -0.2) is 0 Å². The van der Waals surface area contributed by atoms with Gasteiger partial charge in [0.15, 0.2) is 0 Å². The van der Waals surface area contributed by atoms with Crippen molar-refractivity contribution in [3.63, 3.8) is 0 Å². The molecule has 0 fully saturated rings. The van der Waals surface area contributed by atoms with Gasteiger partial charge in [0.25, 0.3) is 0 Å². The van der Waals surface area contributed by atoms with E-state index in [1.54, 1.807) is 14.0 Å². The Hall–Kier alpha value is -3.07. The number of Topliss-reactive ketones (excluding diaryl/α,β-unsaturated/α-hetero) is 1. The van der Waals surface area contributed by atoms with Crippen molar-refractivity contribution in [1.82, 2.24) is 0 Å². The molecule has 0 radical (unpaired) electrons. The number of aryl methyl sites for hydroxylation is 1. The van der Waals surface area contributed by atoms with Crippen molar-refractivity contribution < 1.29 is 14.3 Å². The quantitative estimate of drug-likeness (QED) is 0.508. The molecule has 0 saturated heterocycles. The van der Waals surface area contributed by atoms with E-state index in [2.05, 4.69) is 13.0 Å². The van der Waals surface area contributed by atoms with Gasteiger partial charge < -0.3 is 9.47 Å². The van der Waals surface area contributed by atoms with Crippen LogP contribution in [0.4, 0.5) is 0 Å². The first-order chi connectivity index (χ1) is 13.6. The predicted octanol–water partition coefficient (Wildman–Crippen LogP) is 5.69. The number of carbonyl (C=O) groups is 1. The number of ketones is 1. The molecular weight excluding hydrogens is 348 g/mol. The van der Waals surface area contributed by atoms with E-state index in [1.807, 2.05) is 66.7 Å². The van der Waals surface area contributed by atoms with Gasteiger partial charge in [-0.3, -0.25) is 4.79 Å². The van der Waals surface area contributed by atoms with Gasteiger partial charge in [-0.15, -0.1) is 0 Å². The summed E-state index contributed by atoms with van der Waals surface area (Å²) in [6.45, 7) is 4.18. The molecular formula is C25H26O3. The van der Waals surface area contributed by atoms with Gasteiger partial charge in [0.2, 0.25) is 0 Å². The lowest BCUT2D eigenvalue weighted by molar-refractivity contribution is -0.117. The molecule has 0 amide bonds. The summed E-state index contributed by atoms with van der Waals surface area (Å²) in [5, 5.41) is 0. The Morgan fingerprint density at radius 3 is 2.46 bits per heavy atom. The van der Waals surface area contributed by atoms with Crippen LogP contribution in [0.25, 0.3) is 0 Å². The number of methoxy groups -OCH3 is 1. The van der Waals surface area contributed by atoms with E-state index >= 15 is 0 Å². The van der Waals surface area contributed by atoms with E-state index < -0.39 is 0 Å². The van der Waals surface area contributed by atoms with Crippen molar-refractivity contribution in [1.29, 1.82) is 0 Å². The summed E-state index contributed by atoms with van der Waals surface area (Å²) in [5.74, 6) is 1.65. The lowest BCUT2D eigenvalue weighted by atomic mass is 9.86. The van der Waals surface area contributed by atoms with E-state index in [9.17, 15) is 4.79 Å². The number of hydrogen-bond donors (Lipinski definition) is 0. The third kappa shape index (κ3) is 5.01. The summed E-state index contributed by atoms with van der Waals surface area (Å²) in [6.07, 6.45) is 0.415. The summed E-state index contributed by atoms with van der Waals surface area (Å²) in [7, 11) is 1.65. The van der Waals surface area contributed by atoms with Crippen LogP contribution in [0.5, 0.6) is 11.5 Å². The van der Waals surface area contributed by atoms with Crippen LogP contribution in [0.15, 0.2) is 72.8 Å². The first kappa shape index (κ1) is 19.7. The molecule has 0 heterocycles. The fourth-order valence-electron chi connectivity index (χ4n) is 3.36. The number of carbonyl (C=O) groups excluding carboxylic acids is 1. The van der Waals surface area contributed by atoms with Gasteiger partial charge >= 0.3 is 0 Å². The van der Waals surface area contributed by atoms with Gasteiger partial charge in [0.05, 0.1) is 7.11 Å². The van der Waals surface area contributed by atoms with E-state index in [-0.39, 0.29) is 11.7 Å². The van der Waals surface area contributed by atoms with E-state index in [4.69, 9.17) is 9.47 Å². The maximum absolute atomic E-state index is 12.1. The Morgan fingerprint density at radius 2 is 1.75 bits per heavy atom. The molecule has 0 N–H and O–H groups in total. The Labute approximate surface area is 166 Å². The summed E-state index contributed by atoms with van der Waals surface area (Å²) in [4.78, 5) is 12.1. The average Bonchev–Trinajstić information content (AvgIpc) is 2.72. The molecule has 28 heavy (non-hydrogen) atoms. The Bertz CT molecular complexity index is 932. The molecule has 1 atom stereocenters. The van der Waals surface area contributed by atoms with Crippen LogP contribution in [-0.4, -0.2) is 12.9 Å². The first-order valence-electron chi connectivity index (χ1n) is 9.47. The molecule has 0 saturated carbocycles. The Morgan fingerprint density at radius 1 is 0.964 bits per heavy atom. The van der Waals surface area contributed by atoms with Gasteiger partial charge in [0.1, 0.15) is 23.9 Å². The van der Waals surface area contributed by atoms with Gasteiger partial charge in [0, 0.05) is 17.9 Å². The third-order valence-electron chi connectivity index (χ3n) is 4.77. The first-order valence-corrected chi connectivity index (χ1v) is 9.47. The molecule has 3 heteroatoms. The van der Waals surface area contributed by atoms with Crippen molar-refractivity contribution in [3.8, 4) is 11.5 Å². The standard InChI is InChI=1S/C25H26O3/c1-18-12-13-25(28-17-20-8-5-4-6-9-20)24(14-18)23(15-19(2)26)21-10-7-11-22(16-21)27-3/h4-14,16,23H,15,17H2,1-3H3/t23-/m1/s1. The zero-order chi connectivity index (χ0) is 19.9. The van der Waals surface area contributed by atoms with Crippen molar-refractivity contribution >= 4 is 5.78 Å². The molecule has 3 aromatic carbocycles. The van der Waals surface area contributed by atoms with Gasteiger partial charge in [-0.05, 0) is 43.2 Å². The van der Waals surface area contributed by atoms with Crippen LogP contribution in [0.2, 0.25) is 0 Å². The third-order valence-corrected chi connectivity index (χ3v) is 4.77. The fraction of sp³-hybridized carbons (Fsp3) is 0.240. The number of ether oxygens (including phenoxy) is 2. The highest BCUT2D eigenvalue weighted by molar-refractivity contribution is 5.77. The topological polar surface area (TPSA) is 35.5 Å². The normalized spacial score (nSPS) is 11.7.